The molecule has 0 aliphatic carbocycles. The van der Waals surface area contributed by atoms with Gasteiger partial charge in [-0.2, -0.15) is 0 Å². The quantitative estimate of drug-likeness (QED) is 0.738. The SMILES string of the molecule is CC(C)(C)OC(=O)Nc1cccc(NCc2cccc(N)c2)c1. The van der Waals surface area contributed by atoms with Gasteiger partial charge in [0.15, 0.2) is 0 Å². The van der Waals surface area contributed by atoms with E-state index in [-0.39, 0.29) is 0 Å². The molecule has 0 heterocycles. The van der Waals surface area contributed by atoms with Gasteiger partial charge in [-0.3, -0.25) is 5.32 Å². The molecule has 0 spiro atoms. The van der Waals surface area contributed by atoms with E-state index >= 15 is 0 Å². The summed E-state index contributed by atoms with van der Waals surface area (Å²) in [5.74, 6) is 0. The first-order valence-electron chi connectivity index (χ1n) is 7.50. The number of carbonyl (C=O) groups is 1. The Kier molecular flexibility index (Phi) is 5.11. The van der Waals surface area contributed by atoms with Crippen LogP contribution in [-0.2, 0) is 11.3 Å². The Labute approximate surface area is 136 Å². The molecule has 0 aromatic heterocycles. The van der Waals surface area contributed by atoms with Crippen molar-refractivity contribution >= 4 is 23.2 Å². The van der Waals surface area contributed by atoms with E-state index < -0.39 is 11.7 Å². The van der Waals surface area contributed by atoms with Crippen molar-refractivity contribution in [1.82, 2.24) is 0 Å². The molecule has 23 heavy (non-hydrogen) atoms. The third-order valence-electron chi connectivity index (χ3n) is 2.96. The number of hydrogen-bond acceptors (Lipinski definition) is 4. The van der Waals surface area contributed by atoms with Crippen LogP contribution in [0.15, 0.2) is 48.5 Å². The summed E-state index contributed by atoms with van der Waals surface area (Å²) in [7, 11) is 0. The fourth-order valence-corrected chi connectivity index (χ4v) is 2.04. The minimum absolute atomic E-state index is 0.467. The first-order valence-corrected chi connectivity index (χ1v) is 7.50. The van der Waals surface area contributed by atoms with E-state index in [1.165, 1.54) is 0 Å². The number of nitrogens with two attached hydrogens (primary N) is 1. The minimum Gasteiger partial charge on any atom is -0.444 e. The van der Waals surface area contributed by atoms with Crippen LogP contribution >= 0.6 is 0 Å². The van der Waals surface area contributed by atoms with Crippen LogP contribution in [0.2, 0.25) is 0 Å². The summed E-state index contributed by atoms with van der Waals surface area (Å²) in [5.41, 5.74) is 8.66. The maximum absolute atomic E-state index is 11.8. The Hall–Kier alpha value is -2.69. The molecular weight excluding hydrogens is 290 g/mol. The molecule has 5 nitrogen and oxygen atoms in total. The Morgan fingerprint density at radius 2 is 1.78 bits per heavy atom. The van der Waals surface area contributed by atoms with E-state index in [2.05, 4.69) is 10.6 Å². The van der Waals surface area contributed by atoms with Crippen molar-refractivity contribution in [1.29, 1.82) is 0 Å². The summed E-state index contributed by atoms with van der Waals surface area (Å²) in [6, 6.07) is 15.2. The fourth-order valence-electron chi connectivity index (χ4n) is 2.04. The number of nitrogen functional groups attached to an aromatic ring is 1. The molecule has 0 aliphatic heterocycles. The van der Waals surface area contributed by atoms with Crippen LogP contribution in [0, 0.1) is 0 Å². The molecule has 0 fully saturated rings. The predicted molar refractivity (Wildman–Crippen MR) is 94.5 cm³/mol. The lowest BCUT2D eigenvalue weighted by Crippen LogP contribution is -2.27. The molecule has 0 saturated carbocycles. The zero-order valence-corrected chi connectivity index (χ0v) is 13.7. The molecule has 4 N–H and O–H groups in total. The van der Waals surface area contributed by atoms with Gasteiger partial charge in [-0.05, 0) is 56.7 Å². The molecule has 122 valence electrons. The number of carbonyl (C=O) groups excluding carboxylic acids is 1. The number of amides is 1. The fraction of sp³-hybridized carbons (Fsp3) is 0.278. The Balaban J connectivity index is 1.95. The van der Waals surface area contributed by atoms with Crippen LogP contribution in [-0.4, -0.2) is 11.7 Å². The second-order valence-electron chi connectivity index (χ2n) is 6.31. The van der Waals surface area contributed by atoms with Gasteiger partial charge in [-0.15, -0.1) is 0 Å². The molecule has 0 saturated heterocycles. The maximum atomic E-state index is 11.8. The summed E-state index contributed by atoms with van der Waals surface area (Å²) < 4.78 is 5.24. The van der Waals surface area contributed by atoms with E-state index in [1.54, 1.807) is 0 Å². The maximum Gasteiger partial charge on any atom is 0.412 e. The molecule has 0 unspecified atom stereocenters. The first kappa shape index (κ1) is 16.7. The normalized spacial score (nSPS) is 10.9. The third kappa shape index (κ3) is 5.90. The van der Waals surface area contributed by atoms with Crippen LogP contribution in [0.25, 0.3) is 0 Å². The highest BCUT2D eigenvalue weighted by Crippen LogP contribution is 2.18. The monoisotopic (exact) mass is 313 g/mol. The van der Waals surface area contributed by atoms with Crippen LogP contribution in [0.1, 0.15) is 26.3 Å². The zero-order chi connectivity index (χ0) is 16.9. The molecule has 1 amide bonds. The molecule has 0 aliphatic rings. The second-order valence-corrected chi connectivity index (χ2v) is 6.31. The Morgan fingerprint density at radius 1 is 1.09 bits per heavy atom. The van der Waals surface area contributed by atoms with Gasteiger partial charge in [0.25, 0.3) is 0 Å². The summed E-state index contributed by atoms with van der Waals surface area (Å²) in [4.78, 5) is 11.8. The summed E-state index contributed by atoms with van der Waals surface area (Å²) in [6.45, 7) is 6.14. The highest BCUT2D eigenvalue weighted by molar-refractivity contribution is 5.85. The Bertz CT molecular complexity index is 678. The van der Waals surface area contributed by atoms with E-state index in [1.807, 2.05) is 69.3 Å². The average Bonchev–Trinajstić information content (AvgIpc) is 2.43. The molecule has 2 rings (SSSR count). The lowest BCUT2D eigenvalue weighted by molar-refractivity contribution is 0.0636. The van der Waals surface area contributed by atoms with Crippen LogP contribution in [0.5, 0.6) is 0 Å². The largest absolute Gasteiger partial charge is 0.444 e. The second kappa shape index (κ2) is 7.05. The topological polar surface area (TPSA) is 76.4 Å². The van der Waals surface area contributed by atoms with Gasteiger partial charge in [0.05, 0.1) is 0 Å². The van der Waals surface area contributed by atoms with Gasteiger partial charge in [0.2, 0.25) is 0 Å². The van der Waals surface area contributed by atoms with E-state index in [9.17, 15) is 4.79 Å². The van der Waals surface area contributed by atoms with Gasteiger partial charge >= 0.3 is 6.09 Å². The molecule has 5 heteroatoms. The van der Waals surface area contributed by atoms with Gasteiger partial charge in [-0.1, -0.05) is 18.2 Å². The predicted octanol–water partition coefficient (Wildman–Crippen LogP) is 4.23. The van der Waals surface area contributed by atoms with Crippen LogP contribution < -0.4 is 16.4 Å². The smallest absolute Gasteiger partial charge is 0.412 e. The Morgan fingerprint density at radius 3 is 2.48 bits per heavy atom. The van der Waals surface area contributed by atoms with Gasteiger partial charge < -0.3 is 15.8 Å². The number of hydrogen-bond donors (Lipinski definition) is 3. The van der Waals surface area contributed by atoms with Crippen molar-refractivity contribution in [2.45, 2.75) is 32.9 Å². The van der Waals surface area contributed by atoms with Gasteiger partial charge in [0, 0.05) is 23.6 Å². The third-order valence-corrected chi connectivity index (χ3v) is 2.96. The van der Waals surface area contributed by atoms with Crippen molar-refractivity contribution in [3.63, 3.8) is 0 Å². The molecule has 2 aromatic carbocycles. The highest BCUT2D eigenvalue weighted by Gasteiger charge is 2.16. The van der Waals surface area contributed by atoms with Crippen molar-refractivity contribution in [3.8, 4) is 0 Å². The summed E-state index contributed by atoms with van der Waals surface area (Å²) >= 11 is 0. The summed E-state index contributed by atoms with van der Waals surface area (Å²) in [5, 5.41) is 6.03. The number of anilines is 3. The van der Waals surface area contributed by atoms with E-state index in [0.29, 0.717) is 12.2 Å². The average molecular weight is 313 g/mol. The van der Waals surface area contributed by atoms with Crippen LogP contribution in [0.3, 0.4) is 0 Å². The van der Waals surface area contributed by atoms with E-state index in [0.717, 1.165) is 16.9 Å². The van der Waals surface area contributed by atoms with Gasteiger partial charge in [0.1, 0.15) is 5.60 Å². The lowest BCUT2D eigenvalue weighted by Gasteiger charge is -2.19. The van der Waals surface area contributed by atoms with E-state index in [4.69, 9.17) is 10.5 Å². The molecule has 2 aromatic rings. The molecule has 0 bridgehead atoms. The van der Waals surface area contributed by atoms with Crippen molar-refractivity contribution in [3.05, 3.63) is 54.1 Å². The standard InChI is InChI=1S/C18H23N3O2/c1-18(2,3)23-17(22)21-16-9-5-8-15(11-16)20-12-13-6-4-7-14(19)10-13/h4-11,20H,12,19H2,1-3H3,(H,21,22). The first-order chi connectivity index (χ1) is 10.8. The molecular formula is C18H23N3O2. The van der Waals surface area contributed by atoms with Crippen molar-refractivity contribution < 1.29 is 9.53 Å². The minimum atomic E-state index is -0.521. The highest BCUT2D eigenvalue weighted by atomic mass is 16.6. The zero-order valence-electron chi connectivity index (χ0n) is 13.7. The molecule has 0 atom stereocenters. The number of rotatable bonds is 4. The van der Waals surface area contributed by atoms with Crippen molar-refractivity contribution in [2.24, 2.45) is 0 Å². The number of ether oxygens (including phenoxy) is 1. The molecule has 0 radical (unpaired) electrons. The van der Waals surface area contributed by atoms with Crippen LogP contribution in [0.4, 0.5) is 21.9 Å². The lowest BCUT2D eigenvalue weighted by atomic mass is 10.2. The van der Waals surface area contributed by atoms with Crippen molar-refractivity contribution in [2.75, 3.05) is 16.4 Å². The summed E-state index contributed by atoms with van der Waals surface area (Å²) in [6.07, 6.45) is -0.467. The number of benzene rings is 2. The van der Waals surface area contributed by atoms with Gasteiger partial charge in [-0.25, -0.2) is 4.79 Å². The number of nitrogens with one attached hydrogen (secondary N) is 2.